The molecule has 2 heterocycles. The van der Waals surface area contributed by atoms with Crippen LogP contribution < -0.4 is 0 Å². The van der Waals surface area contributed by atoms with Crippen LogP contribution in [0.15, 0.2) is 54.6 Å². The molecule has 0 spiro atoms. The Morgan fingerprint density at radius 2 is 1.68 bits per heavy atom. The number of aromatic nitrogens is 1. The molecule has 1 saturated heterocycles. The summed E-state index contributed by atoms with van der Waals surface area (Å²) in [5, 5.41) is 1.07. The lowest BCUT2D eigenvalue weighted by Crippen LogP contribution is -2.31. The maximum atomic E-state index is 12.9. The number of hydrogen-bond acceptors (Lipinski definition) is 2. The maximum Gasteiger partial charge on any atom is 0.237 e. The summed E-state index contributed by atoms with van der Waals surface area (Å²) < 4.78 is 0. The van der Waals surface area contributed by atoms with Crippen molar-refractivity contribution in [2.24, 2.45) is 5.92 Å². The summed E-state index contributed by atoms with van der Waals surface area (Å²) in [6.45, 7) is 0. The predicted molar refractivity (Wildman–Crippen MR) is 95.2 cm³/mol. The third-order valence-electron chi connectivity index (χ3n) is 5.80. The molecule has 0 bridgehead atoms. The number of imide groups is 1. The number of H-pyrrole nitrogens is 1. The Hall–Kier alpha value is -2.88. The lowest BCUT2D eigenvalue weighted by molar-refractivity contribution is -0.138. The van der Waals surface area contributed by atoms with Crippen molar-refractivity contribution >= 4 is 22.7 Å². The molecule has 2 aliphatic rings. The minimum Gasteiger partial charge on any atom is -0.358 e. The normalized spacial score (nSPS) is 25.3. The topological polar surface area (TPSA) is 53.2 Å². The zero-order valence-electron chi connectivity index (χ0n) is 13.9. The van der Waals surface area contributed by atoms with E-state index in [1.807, 2.05) is 42.5 Å². The molecule has 1 fully saturated rings. The van der Waals surface area contributed by atoms with Gasteiger partial charge in [-0.05, 0) is 23.6 Å². The first-order valence-electron chi connectivity index (χ1n) is 8.62. The monoisotopic (exact) mass is 330 g/mol. The maximum absolute atomic E-state index is 12.9. The van der Waals surface area contributed by atoms with Gasteiger partial charge in [0.15, 0.2) is 0 Å². The standard InChI is InChI=1S/C21H18N2O2/c1-23-20(24)18-14(12-7-3-2-4-8-12)11-16-17(19(18)21(23)25)13-9-5-6-10-15(13)22-16/h2-10,14,18-19,22H,11H2,1H3/t14?,18-,19+/m1/s1. The van der Waals surface area contributed by atoms with E-state index in [0.29, 0.717) is 0 Å². The molecule has 25 heavy (non-hydrogen) atoms. The fourth-order valence-corrected chi connectivity index (χ4v) is 4.65. The van der Waals surface area contributed by atoms with E-state index in [0.717, 1.165) is 34.1 Å². The van der Waals surface area contributed by atoms with E-state index in [1.54, 1.807) is 7.05 Å². The van der Waals surface area contributed by atoms with Crippen LogP contribution in [0.5, 0.6) is 0 Å². The van der Waals surface area contributed by atoms with Crippen molar-refractivity contribution in [2.75, 3.05) is 7.05 Å². The Labute approximate surface area is 145 Å². The van der Waals surface area contributed by atoms with Crippen LogP contribution in [0, 0.1) is 5.92 Å². The quantitative estimate of drug-likeness (QED) is 0.697. The van der Waals surface area contributed by atoms with Gasteiger partial charge < -0.3 is 4.98 Å². The highest BCUT2D eigenvalue weighted by Gasteiger charge is 2.54. The van der Waals surface area contributed by atoms with Crippen LogP contribution in [0.3, 0.4) is 0 Å². The van der Waals surface area contributed by atoms with E-state index < -0.39 is 0 Å². The Morgan fingerprint density at radius 1 is 0.960 bits per heavy atom. The second kappa shape index (κ2) is 5.06. The number of likely N-dealkylation sites (tertiary alicyclic amines) is 1. The van der Waals surface area contributed by atoms with E-state index in [9.17, 15) is 9.59 Å². The number of fused-ring (bicyclic) bond motifs is 5. The third-order valence-corrected chi connectivity index (χ3v) is 5.80. The van der Waals surface area contributed by atoms with Crippen LogP contribution >= 0.6 is 0 Å². The number of carbonyl (C=O) groups excluding carboxylic acids is 2. The molecule has 3 atom stereocenters. The highest BCUT2D eigenvalue weighted by Crippen LogP contribution is 2.51. The molecule has 1 N–H and O–H groups in total. The first-order chi connectivity index (χ1) is 12.2. The molecule has 4 nitrogen and oxygen atoms in total. The van der Waals surface area contributed by atoms with Crippen molar-refractivity contribution < 1.29 is 9.59 Å². The summed E-state index contributed by atoms with van der Waals surface area (Å²) in [6, 6.07) is 18.1. The second-order valence-corrected chi connectivity index (χ2v) is 7.02. The lowest BCUT2D eigenvalue weighted by Gasteiger charge is -2.31. The minimum atomic E-state index is -0.386. The number of amides is 2. The smallest absolute Gasteiger partial charge is 0.237 e. The van der Waals surface area contributed by atoms with E-state index in [2.05, 4.69) is 17.1 Å². The highest BCUT2D eigenvalue weighted by molar-refractivity contribution is 6.10. The molecule has 3 aromatic rings. The Balaban J connectivity index is 1.76. The number of hydrogen-bond donors (Lipinski definition) is 1. The van der Waals surface area contributed by atoms with Gasteiger partial charge in [-0.25, -0.2) is 0 Å². The largest absolute Gasteiger partial charge is 0.358 e. The summed E-state index contributed by atoms with van der Waals surface area (Å²) in [5.74, 6) is -0.816. The molecule has 2 amide bonds. The molecule has 4 heteroatoms. The van der Waals surface area contributed by atoms with Gasteiger partial charge >= 0.3 is 0 Å². The third kappa shape index (κ3) is 1.88. The van der Waals surface area contributed by atoms with Gasteiger partial charge in [0.1, 0.15) is 0 Å². The average Bonchev–Trinajstić information content (AvgIpc) is 3.13. The summed E-state index contributed by atoms with van der Waals surface area (Å²) in [5.41, 5.74) is 4.27. The minimum absolute atomic E-state index is 0.0214. The van der Waals surface area contributed by atoms with E-state index in [-0.39, 0.29) is 29.6 Å². The molecule has 124 valence electrons. The summed E-state index contributed by atoms with van der Waals surface area (Å²) in [4.78, 5) is 30.6. The van der Waals surface area contributed by atoms with Gasteiger partial charge in [-0.1, -0.05) is 48.5 Å². The lowest BCUT2D eigenvalue weighted by atomic mass is 9.69. The van der Waals surface area contributed by atoms with Crippen molar-refractivity contribution in [1.29, 1.82) is 0 Å². The molecule has 1 aliphatic carbocycles. The number of benzene rings is 2. The Kier molecular flexibility index (Phi) is 2.93. The van der Waals surface area contributed by atoms with Crippen LogP contribution in [0.25, 0.3) is 10.9 Å². The van der Waals surface area contributed by atoms with E-state index >= 15 is 0 Å². The van der Waals surface area contributed by atoms with Gasteiger partial charge in [0.25, 0.3) is 0 Å². The summed E-state index contributed by atoms with van der Waals surface area (Å²) in [6.07, 6.45) is 0.752. The number of aromatic amines is 1. The van der Waals surface area contributed by atoms with Crippen molar-refractivity contribution in [3.05, 3.63) is 71.4 Å². The first-order valence-corrected chi connectivity index (χ1v) is 8.62. The van der Waals surface area contributed by atoms with E-state index in [1.165, 1.54) is 4.90 Å². The van der Waals surface area contributed by atoms with Gasteiger partial charge in [-0.2, -0.15) is 0 Å². The zero-order valence-corrected chi connectivity index (χ0v) is 13.9. The fraction of sp³-hybridized carbons (Fsp3) is 0.238. The van der Waals surface area contributed by atoms with Gasteiger partial charge in [-0.3, -0.25) is 14.5 Å². The zero-order chi connectivity index (χ0) is 17.1. The van der Waals surface area contributed by atoms with Gasteiger partial charge in [-0.15, -0.1) is 0 Å². The molecular weight excluding hydrogens is 312 g/mol. The molecule has 1 aromatic heterocycles. The van der Waals surface area contributed by atoms with Crippen molar-refractivity contribution in [1.82, 2.24) is 9.88 Å². The molecule has 2 aromatic carbocycles. The second-order valence-electron chi connectivity index (χ2n) is 7.02. The average molecular weight is 330 g/mol. The fourth-order valence-electron chi connectivity index (χ4n) is 4.65. The van der Waals surface area contributed by atoms with Crippen molar-refractivity contribution in [3.63, 3.8) is 0 Å². The summed E-state index contributed by atoms with van der Waals surface area (Å²) in [7, 11) is 1.61. The number of para-hydroxylation sites is 1. The highest BCUT2D eigenvalue weighted by atomic mass is 16.2. The first kappa shape index (κ1) is 14.5. The number of rotatable bonds is 1. The molecule has 0 saturated carbocycles. The summed E-state index contributed by atoms with van der Waals surface area (Å²) >= 11 is 0. The predicted octanol–water partition coefficient (Wildman–Crippen LogP) is 3.21. The Bertz CT molecular complexity index is 1010. The van der Waals surface area contributed by atoms with Crippen molar-refractivity contribution in [2.45, 2.75) is 18.3 Å². The van der Waals surface area contributed by atoms with Crippen LogP contribution in [0.1, 0.15) is 28.7 Å². The number of likely N-dealkylation sites (N-methyl/N-ethyl adjacent to an activating group) is 1. The van der Waals surface area contributed by atoms with Crippen molar-refractivity contribution in [3.8, 4) is 0 Å². The molecule has 0 radical (unpaired) electrons. The SMILES string of the molecule is CN1C(=O)[C@@H]2C(c3ccccc3)Cc3[nH]c4ccccc4c3[C@@H]2C1=O. The Morgan fingerprint density at radius 3 is 2.48 bits per heavy atom. The van der Waals surface area contributed by atoms with E-state index in [4.69, 9.17) is 0 Å². The van der Waals surface area contributed by atoms with Crippen LogP contribution in [0.4, 0.5) is 0 Å². The van der Waals surface area contributed by atoms with Crippen LogP contribution in [0.2, 0.25) is 0 Å². The number of nitrogens with zero attached hydrogens (tertiary/aromatic N) is 1. The molecule has 1 aliphatic heterocycles. The molecular formula is C21H18N2O2. The van der Waals surface area contributed by atoms with Crippen LogP contribution in [-0.4, -0.2) is 28.7 Å². The van der Waals surface area contributed by atoms with Gasteiger partial charge in [0, 0.05) is 29.6 Å². The number of nitrogens with one attached hydrogen (secondary N) is 1. The van der Waals surface area contributed by atoms with Gasteiger partial charge in [0.05, 0.1) is 11.8 Å². The van der Waals surface area contributed by atoms with Crippen LogP contribution in [-0.2, 0) is 16.0 Å². The molecule has 5 rings (SSSR count). The molecule has 1 unspecified atom stereocenters. The van der Waals surface area contributed by atoms with Gasteiger partial charge in [0.2, 0.25) is 11.8 Å². The number of carbonyl (C=O) groups is 2.